The molecule has 0 atom stereocenters. The summed E-state index contributed by atoms with van der Waals surface area (Å²) in [6.45, 7) is 5.53. The zero-order chi connectivity index (χ0) is 11.9. The highest BCUT2D eigenvalue weighted by atomic mass is 14.7. The van der Waals surface area contributed by atoms with Gasteiger partial charge in [-0.2, -0.15) is 0 Å². The van der Waals surface area contributed by atoms with Crippen LogP contribution in [0.3, 0.4) is 0 Å². The van der Waals surface area contributed by atoms with E-state index in [9.17, 15) is 0 Å². The predicted octanol–water partition coefficient (Wildman–Crippen LogP) is 5.39. The Hall–Kier alpha value is -0.330. The van der Waals surface area contributed by atoms with Crippen LogP contribution in [-0.2, 0) is 0 Å². The third-order valence-electron chi connectivity index (χ3n) is 2.94. The molecule has 0 saturated carbocycles. The molecule has 96 valence electrons. The molecule has 0 aromatic heterocycles. The first-order valence-electron chi connectivity index (χ1n) is 7.40. The van der Waals surface area contributed by atoms with E-state index in [-0.39, 0.29) is 0 Å². The first-order valence-corrected chi connectivity index (χ1v) is 7.40. The van der Waals surface area contributed by atoms with Gasteiger partial charge in [0.2, 0.25) is 0 Å². The van der Waals surface area contributed by atoms with Gasteiger partial charge in [-0.3, -0.25) is 4.99 Å². The lowest BCUT2D eigenvalue weighted by molar-refractivity contribution is 0.567. The highest BCUT2D eigenvalue weighted by molar-refractivity contribution is 5.56. The summed E-state index contributed by atoms with van der Waals surface area (Å²) in [6.07, 6.45) is 17.1. The molecule has 16 heavy (non-hydrogen) atoms. The molecule has 0 aliphatic carbocycles. The van der Waals surface area contributed by atoms with E-state index < -0.39 is 0 Å². The number of aliphatic imine (C=N–C) groups is 1. The van der Waals surface area contributed by atoms with Crippen LogP contribution in [0.2, 0.25) is 0 Å². The number of hydrogen-bond donors (Lipinski definition) is 0. The maximum absolute atomic E-state index is 4.39. The average Bonchev–Trinajstić information content (AvgIpc) is 2.31. The van der Waals surface area contributed by atoms with E-state index in [2.05, 4.69) is 25.1 Å². The Morgan fingerprint density at radius 3 is 1.81 bits per heavy atom. The van der Waals surface area contributed by atoms with Gasteiger partial charge in [-0.25, -0.2) is 0 Å². The molecule has 0 saturated heterocycles. The molecule has 0 aliphatic heterocycles. The predicted molar refractivity (Wildman–Crippen MR) is 75.5 cm³/mol. The summed E-state index contributed by atoms with van der Waals surface area (Å²) in [5, 5.41) is 0. The standard InChI is InChI=1S/C15H31N/c1-3-5-7-8-9-10-11-12-13-15-16-14-6-4-2/h14H,3-13,15H2,1-2H3. The molecule has 0 N–H and O–H groups in total. The van der Waals surface area contributed by atoms with Crippen molar-refractivity contribution in [3.05, 3.63) is 0 Å². The Balaban J connectivity index is 2.93. The monoisotopic (exact) mass is 225 g/mol. The summed E-state index contributed by atoms with van der Waals surface area (Å²) in [4.78, 5) is 4.39. The summed E-state index contributed by atoms with van der Waals surface area (Å²) < 4.78 is 0. The van der Waals surface area contributed by atoms with Crippen LogP contribution in [-0.4, -0.2) is 12.8 Å². The van der Waals surface area contributed by atoms with E-state index in [1.165, 1.54) is 64.2 Å². The molecule has 0 rings (SSSR count). The summed E-state index contributed by atoms with van der Waals surface area (Å²) in [5.74, 6) is 0. The van der Waals surface area contributed by atoms with Crippen LogP contribution < -0.4 is 0 Å². The fourth-order valence-electron chi connectivity index (χ4n) is 1.83. The molecular formula is C15H31N. The first kappa shape index (κ1) is 15.7. The maximum Gasteiger partial charge on any atom is 0.0385 e. The molecule has 0 bridgehead atoms. The van der Waals surface area contributed by atoms with Gasteiger partial charge >= 0.3 is 0 Å². The number of hydrogen-bond acceptors (Lipinski definition) is 1. The van der Waals surface area contributed by atoms with Crippen molar-refractivity contribution in [1.29, 1.82) is 0 Å². The topological polar surface area (TPSA) is 12.4 Å². The maximum atomic E-state index is 4.39. The van der Waals surface area contributed by atoms with Gasteiger partial charge in [0.1, 0.15) is 0 Å². The Labute approximate surface area is 103 Å². The molecule has 0 aromatic rings. The minimum Gasteiger partial charge on any atom is -0.298 e. The molecule has 0 unspecified atom stereocenters. The van der Waals surface area contributed by atoms with Crippen LogP contribution >= 0.6 is 0 Å². The average molecular weight is 225 g/mol. The van der Waals surface area contributed by atoms with Crippen LogP contribution in [0.5, 0.6) is 0 Å². The molecular weight excluding hydrogens is 194 g/mol. The summed E-state index contributed by atoms with van der Waals surface area (Å²) in [6, 6.07) is 0. The molecule has 0 fully saturated rings. The molecule has 0 radical (unpaired) electrons. The quantitative estimate of drug-likeness (QED) is 0.312. The Morgan fingerprint density at radius 2 is 1.25 bits per heavy atom. The van der Waals surface area contributed by atoms with Crippen molar-refractivity contribution in [2.24, 2.45) is 4.99 Å². The minimum atomic E-state index is 1.05. The third kappa shape index (κ3) is 13.7. The van der Waals surface area contributed by atoms with E-state index in [0.29, 0.717) is 0 Å². The van der Waals surface area contributed by atoms with Crippen LogP contribution in [0.1, 0.15) is 84.5 Å². The normalized spacial score (nSPS) is 11.4. The SMILES string of the molecule is CCCC=NCCCCCCCCCCC. The van der Waals surface area contributed by atoms with E-state index in [4.69, 9.17) is 0 Å². The van der Waals surface area contributed by atoms with Crippen LogP contribution in [0, 0.1) is 0 Å². The summed E-state index contributed by atoms with van der Waals surface area (Å²) in [7, 11) is 0. The summed E-state index contributed by atoms with van der Waals surface area (Å²) in [5.41, 5.74) is 0. The molecule has 0 aliphatic rings. The molecule has 0 heterocycles. The summed E-state index contributed by atoms with van der Waals surface area (Å²) >= 11 is 0. The fraction of sp³-hybridized carbons (Fsp3) is 0.933. The second kappa shape index (κ2) is 14.7. The second-order valence-corrected chi connectivity index (χ2v) is 4.71. The lowest BCUT2D eigenvalue weighted by Gasteiger charge is -2.00. The van der Waals surface area contributed by atoms with Crippen LogP contribution in [0.15, 0.2) is 4.99 Å². The Bertz CT molecular complexity index is 140. The van der Waals surface area contributed by atoms with E-state index >= 15 is 0 Å². The van der Waals surface area contributed by atoms with Crippen molar-refractivity contribution < 1.29 is 0 Å². The van der Waals surface area contributed by atoms with Gasteiger partial charge < -0.3 is 0 Å². The minimum absolute atomic E-state index is 1.05. The van der Waals surface area contributed by atoms with Gasteiger partial charge in [0.15, 0.2) is 0 Å². The highest BCUT2D eigenvalue weighted by Gasteiger charge is 1.91. The Morgan fingerprint density at radius 1 is 0.688 bits per heavy atom. The van der Waals surface area contributed by atoms with Crippen molar-refractivity contribution >= 4 is 6.21 Å². The third-order valence-corrected chi connectivity index (χ3v) is 2.94. The molecule has 1 heteroatoms. The van der Waals surface area contributed by atoms with E-state index in [0.717, 1.165) is 13.0 Å². The fourth-order valence-corrected chi connectivity index (χ4v) is 1.83. The molecule has 1 nitrogen and oxygen atoms in total. The number of nitrogens with zero attached hydrogens (tertiary/aromatic N) is 1. The largest absolute Gasteiger partial charge is 0.298 e. The van der Waals surface area contributed by atoms with Gasteiger partial charge in [0, 0.05) is 6.54 Å². The van der Waals surface area contributed by atoms with Gasteiger partial charge in [-0.1, -0.05) is 71.6 Å². The molecule has 0 spiro atoms. The van der Waals surface area contributed by atoms with Crippen molar-refractivity contribution in [2.75, 3.05) is 6.54 Å². The van der Waals surface area contributed by atoms with E-state index in [1.54, 1.807) is 0 Å². The molecule has 0 aromatic carbocycles. The van der Waals surface area contributed by atoms with Crippen LogP contribution in [0.4, 0.5) is 0 Å². The van der Waals surface area contributed by atoms with Gasteiger partial charge in [-0.15, -0.1) is 0 Å². The van der Waals surface area contributed by atoms with Crippen molar-refractivity contribution in [2.45, 2.75) is 84.5 Å². The first-order chi connectivity index (χ1) is 7.91. The number of unbranched alkanes of at least 4 members (excludes halogenated alkanes) is 9. The highest BCUT2D eigenvalue weighted by Crippen LogP contribution is 2.09. The van der Waals surface area contributed by atoms with Crippen LogP contribution in [0.25, 0.3) is 0 Å². The lowest BCUT2D eigenvalue weighted by atomic mass is 10.1. The van der Waals surface area contributed by atoms with E-state index in [1.807, 2.05) is 0 Å². The van der Waals surface area contributed by atoms with Crippen molar-refractivity contribution in [1.82, 2.24) is 0 Å². The zero-order valence-electron chi connectivity index (χ0n) is 11.5. The second-order valence-electron chi connectivity index (χ2n) is 4.71. The van der Waals surface area contributed by atoms with Gasteiger partial charge in [0.05, 0.1) is 0 Å². The zero-order valence-corrected chi connectivity index (χ0v) is 11.5. The van der Waals surface area contributed by atoms with Gasteiger partial charge in [-0.05, 0) is 19.1 Å². The molecule has 0 amide bonds. The Kier molecular flexibility index (Phi) is 14.4. The number of rotatable bonds is 12. The van der Waals surface area contributed by atoms with Crippen molar-refractivity contribution in [3.63, 3.8) is 0 Å². The van der Waals surface area contributed by atoms with Gasteiger partial charge in [0.25, 0.3) is 0 Å². The van der Waals surface area contributed by atoms with Crippen molar-refractivity contribution in [3.8, 4) is 0 Å². The smallest absolute Gasteiger partial charge is 0.0385 e. The lowest BCUT2D eigenvalue weighted by Crippen LogP contribution is -1.85.